The van der Waals surface area contributed by atoms with Gasteiger partial charge in [0.05, 0.1) is 6.04 Å². The maximum atomic E-state index is 12.0. The number of nitrogens with one attached hydrogen (secondary N) is 1. The zero-order chi connectivity index (χ0) is 12.5. The Labute approximate surface area is 97.4 Å². The zero-order valence-corrected chi connectivity index (χ0v) is 10.8. The van der Waals surface area contributed by atoms with Crippen LogP contribution in [0.4, 0.5) is 0 Å². The van der Waals surface area contributed by atoms with Crippen LogP contribution in [0.2, 0.25) is 0 Å². The van der Waals surface area contributed by atoms with Crippen molar-refractivity contribution in [3.8, 4) is 0 Å². The SMILES string of the molecule is CNC(C)C(=O)N(C)C1(CC(C)C)CC1=O. The van der Waals surface area contributed by atoms with E-state index < -0.39 is 5.54 Å². The highest BCUT2D eigenvalue weighted by Crippen LogP contribution is 2.42. The van der Waals surface area contributed by atoms with Crippen LogP contribution in [0.15, 0.2) is 0 Å². The first-order valence-corrected chi connectivity index (χ1v) is 5.83. The number of amides is 1. The molecule has 0 aliphatic heterocycles. The van der Waals surface area contributed by atoms with E-state index in [9.17, 15) is 9.59 Å². The van der Waals surface area contributed by atoms with Gasteiger partial charge < -0.3 is 10.2 Å². The lowest BCUT2D eigenvalue weighted by molar-refractivity contribution is -0.137. The molecule has 4 heteroatoms. The van der Waals surface area contributed by atoms with Gasteiger partial charge in [-0.15, -0.1) is 0 Å². The second-order valence-electron chi connectivity index (χ2n) is 5.14. The third-order valence-corrected chi connectivity index (χ3v) is 3.37. The highest BCUT2D eigenvalue weighted by atomic mass is 16.2. The third kappa shape index (κ3) is 2.26. The van der Waals surface area contributed by atoms with Crippen molar-refractivity contribution in [1.29, 1.82) is 0 Å². The summed E-state index contributed by atoms with van der Waals surface area (Å²) in [6, 6.07) is -0.234. The number of hydrogen-bond acceptors (Lipinski definition) is 3. The van der Waals surface area contributed by atoms with E-state index in [0.29, 0.717) is 12.3 Å². The Bertz CT molecular complexity index is 301. The number of Topliss-reactive ketones (excluding diaryl/α,β-unsaturated/α-hetero) is 1. The molecule has 1 amide bonds. The molecule has 0 saturated heterocycles. The van der Waals surface area contributed by atoms with Gasteiger partial charge in [-0.3, -0.25) is 9.59 Å². The summed E-state index contributed by atoms with van der Waals surface area (Å²) < 4.78 is 0. The summed E-state index contributed by atoms with van der Waals surface area (Å²) in [4.78, 5) is 25.2. The van der Waals surface area contributed by atoms with Crippen LogP contribution in [0.5, 0.6) is 0 Å². The molecule has 92 valence electrons. The third-order valence-electron chi connectivity index (χ3n) is 3.37. The fraction of sp³-hybridized carbons (Fsp3) is 0.833. The van der Waals surface area contributed by atoms with E-state index >= 15 is 0 Å². The Hall–Kier alpha value is -0.900. The molecule has 16 heavy (non-hydrogen) atoms. The number of ketones is 1. The second-order valence-corrected chi connectivity index (χ2v) is 5.14. The van der Waals surface area contributed by atoms with E-state index in [1.54, 1.807) is 19.0 Å². The topological polar surface area (TPSA) is 49.4 Å². The molecule has 0 aromatic carbocycles. The van der Waals surface area contributed by atoms with E-state index in [1.165, 1.54) is 0 Å². The zero-order valence-electron chi connectivity index (χ0n) is 10.8. The van der Waals surface area contributed by atoms with E-state index in [1.807, 2.05) is 6.92 Å². The Morgan fingerprint density at radius 2 is 2.00 bits per heavy atom. The van der Waals surface area contributed by atoms with Gasteiger partial charge in [-0.2, -0.15) is 0 Å². The molecule has 0 aromatic heterocycles. The average Bonchev–Trinajstić information content (AvgIpc) is 2.85. The summed E-state index contributed by atoms with van der Waals surface area (Å²) in [5.41, 5.74) is -0.504. The molecular formula is C12H22N2O2. The standard InChI is InChI=1S/C12H22N2O2/c1-8(2)6-12(7-10(12)15)14(5)11(16)9(3)13-4/h8-9,13H,6-7H2,1-5H3. The maximum absolute atomic E-state index is 12.0. The molecule has 1 rings (SSSR count). The predicted octanol–water partition coefficient (Wildman–Crippen LogP) is 0.810. The lowest BCUT2D eigenvalue weighted by atomic mass is 10.00. The fourth-order valence-electron chi connectivity index (χ4n) is 2.15. The summed E-state index contributed by atoms with van der Waals surface area (Å²) in [6.07, 6.45) is 1.29. The van der Waals surface area contributed by atoms with Gasteiger partial charge in [0, 0.05) is 13.5 Å². The smallest absolute Gasteiger partial charge is 0.239 e. The lowest BCUT2D eigenvalue weighted by Gasteiger charge is -2.30. The van der Waals surface area contributed by atoms with Crippen molar-refractivity contribution < 1.29 is 9.59 Å². The van der Waals surface area contributed by atoms with E-state index in [2.05, 4.69) is 19.2 Å². The normalized spacial score (nSPS) is 25.8. The van der Waals surface area contributed by atoms with Gasteiger partial charge in [0.25, 0.3) is 0 Å². The fourth-order valence-corrected chi connectivity index (χ4v) is 2.15. The van der Waals surface area contributed by atoms with Gasteiger partial charge in [-0.1, -0.05) is 13.8 Å². The van der Waals surface area contributed by atoms with E-state index in [0.717, 1.165) is 6.42 Å². The number of likely N-dealkylation sites (N-methyl/N-ethyl adjacent to an activating group) is 2. The minimum atomic E-state index is -0.504. The molecule has 1 aliphatic carbocycles. The molecule has 0 heterocycles. The van der Waals surface area contributed by atoms with Gasteiger partial charge in [0.2, 0.25) is 5.91 Å². The van der Waals surface area contributed by atoms with Gasteiger partial charge in [0.1, 0.15) is 5.54 Å². The van der Waals surface area contributed by atoms with Gasteiger partial charge in [-0.05, 0) is 26.3 Å². The summed E-state index contributed by atoms with van der Waals surface area (Å²) in [7, 11) is 3.49. The molecule has 0 aromatic rings. The van der Waals surface area contributed by atoms with Crippen LogP contribution in [0.3, 0.4) is 0 Å². The van der Waals surface area contributed by atoms with Crippen molar-refractivity contribution in [3.63, 3.8) is 0 Å². The number of rotatable bonds is 5. The molecule has 4 nitrogen and oxygen atoms in total. The van der Waals surface area contributed by atoms with Crippen LogP contribution >= 0.6 is 0 Å². The quantitative estimate of drug-likeness (QED) is 0.754. The molecule has 0 bridgehead atoms. The summed E-state index contributed by atoms with van der Waals surface area (Å²) >= 11 is 0. The van der Waals surface area contributed by atoms with Crippen molar-refractivity contribution >= 4 is 11.7 Å². The molecule has 1 saturated carbocycles. The van der Waals surface area contributed by atoms with Crippen LogP contribution in [0, 0.1) is 5.92 Å². The summed E-state index contributed by atoms with van der Waals surface area (Å²) in [5, 5.41) is 2.91. The average molecular weight is 226 g/mol. The first-order valence-electron chi connectivity index (χ1n) is 5.83. The van der Waals surface area contributed by atoms with Crippen LogP contribution in [-0.4, -0.2) is 42.3 Å². The molecule has 1 aliphatic rings. The first kappa shape index (κ1) is 13.2. The van der Waals surface area contributed by atoms with Gasteiger partial charge in [0.15, 0.2) is 5.78 Å². The van der Waals surface area contributed by atoms with Crippen molar-refractivity contribution in [3.05, 3.63) is 0 Å². The largest absolute Gasteiger partial charge is 0.331 e. The maximum Gasteiger partial charge on any atom is 0.239 e. The van der Waals surface area contributed by atoms with Gasteiger partial charge >= 0.3 is 0 Å². The number of carbonyl (C=O) groups is 2. The van der Waals surface area contributed by atoms with Crippen molar-refractivity contribution in [1.82, 2.24) is 10.2 Å². The van der Waals surface area contributed by atoms with Crippen LogP contribution in [-0.2, 0) is 9.59 Å². The molecule has 2 atom stereocenters. The van der Waals surface area contributed by atoms with Crippen molar-refractivity contribution in [2.45, 2.75) is 45.2 Å². The molecule has 0 radical (unpaired) electrons. The number of carbonyl (C=O) groups excluding carboxylic acids is 2. The molecule has 2 unspecified atom stereocenters. The Morgan fingerprint density at radius 3 is 2.31 bits per heavy atom. The van der Waals surface area contributed by atoms with E-state index in [4.69, 9.17) is 0 Å². The van der Waals surface area contributed by atoms with Crippen LogP contribution in [0.25, 0.3) is 0 Å². The van der Waals surface area contributed by atoms with Gasteiger partial charge in [-0.25, -0.2) is 0 Å². The minimum Gasteiger partial charge on any atom is -0.331 e. The first-order chi connectivity index (χ1) is 7.35. The second kappa shape index (κ2) is 4.53. The highest BCUT2D eigenvalue weighted by Gasteiger charge is 2.58. The molecule has 1 N–H and O–H groups in total. The molecule has 0 spiro atoms. The number of hydrogen-bond donors (Lipinski definition) is 1. The minimum absolute atomic E-state index is 0.00556. The molecule has 1 fully saturated rings. The number of nitrogens with zero attached hydrogens (tertiary/aromatic N) is 1. The summed E-state index contributed by atoms with van der Waals surface area (Å²) in [6.45, 7) is 5.97. The van der Waals surface area contributed by atoms with Crippen LogP contribution in [0.1, 0.15) is 33.6 Å². The van der Waals surface area contributed by atoms with Crippen molar-refractivity contribution in [2.75, 3.05) is 14.1 Å². The monoisotopic (exact) mass is 226 g/mol. The Morgan fingerprint density at radius 1 is 1.50 bits per heavy atom. The lowest BCUT2D eigenvalue weighted by Crippen LogP contribution is -2.49. The summed E-state index contributed by atoms with van der Waals surface area (Å²) in [5.74, 6) is 0.612. The highest BCUT2D eigenvalue weighted by molar-refractivity contribution is 6.08. The predicted molar refractivity (Wildman–Crippen MR) is 63.1 cm³/mol. The van der Waals surface area contributed by atoms with E-state index in [-0.39, 0.29) is 17.7 Å². The Kier molecular flexibility index (Phi) is 3.73. The van der Waals surface area contributed by atoms with Crippen LogP contribution < -0.4 is 5.32 Å². The Balaban J connectivity index is 2.75. The molecular weight excluding hydrogens is 204 g/mol. The van der Waals surface area contributed by atoms with Crippen molar-refractivity contribution in [2.24, 2.45) is 5.92 Å².